The molecule has 0 spiro atoms. The Morgan fingerprint density at radius 2 is 1.79 bits per heavy atom. The van der Waals surface area contributed by atoms with E-state index in [-0.39, 0.29) is 39.0 Å². The largest absolute Gasteiger partial charge is 0.505 e. The summed E-state index contributed by atoms with van der Waals surface area (Å²) in [5, 5.41) is 12.8. The third kappa shape index (κ3) is 2.52. The summed E-state index contributed by atoms with van der Waals surface area (Å²) in [6.07, 6.45) is 0.657. The van der Waals surface area contributed by atoms with Gasteiger partial charge < -0.3 is 5.11 Å². The van der Waals surface area contributed by atoms with Gasteiger partial charge in [0.2, 0.25) is 0 Å². The number of carbonyl (C=O) groups is 1. The lowest BCUT2D eigenvalue weighted by Crippen LogP contribution is -2.34. The van der Waals surface area contributed by atoms with Crippen LogP contribution >= 0.6 is 11.6 Å². The van der Waals surface area contributed by atoms with E-state index in [1.807, 2.05) is 12.1 Å². The number of aliphatic hydroxyl groups excluding tert-OH is 1. The van der Waals surface area contributed by atoms with Crippen molar-refractivity contribution < 1.29 is 18.3 Å². The minimum Gasteiger partial charge on any atom is -0.505 e. The van der Waals surface area contributed by atoms with Crippen molar-refractivity contribution in [2.24, 2.45) is 0 Å². The Kier molecular flexibility index (Phi) is 4.40. The SMILES string of the molecule is CCN1C(c2c(C=O)ccc3ccccc23)=C(O)c2c(Cl)cccc2S1(=O)=O. The number of hydrogen-bond donors (Lipinski definition) is 1. The first-order chi connectivity index (χ1) is 13.4. The van der Waals surface area contributed by atoms with Crippen LogP contribution in [0.3, 0.4) is 0 Å². The fourth-order valence-electron chi connectivity index (χ4n) is 3.65. The molecule has 1 N–H and O–H groups in total. The van der Waals surface area contributed by atoms with Gasteiger partial charge in [0.25, 0.3) is 10.0 Å². The van der Waals surface area contributed by atoms with Crippen LogP contribution in [0.4, 0.5) is 0 Å². The molecule has 7 heteroatoms. The number of aliphatic hydroxyl groups is 1. The summed E-state index contributed by atoms with van der Waals surface area (Å²) in [6.45, 7) is 1.75. The third-order valence-electron chi connectivity index (χ3n) is 4.87. The Morgan fingerprint density at radius 3 is 2.50 bits per heavy atom. The number of aldehydes is 1. The van der Waals surface area contributed by atoms with Crippen molar-refractivity contribution in [3.8, 4) is 0 Å². The Bertz CT molecular complexity index is 1260. The van der Waals surface area contributed by atoms with Crippen LogP contribution in [0, 0.1) is 0 Å². The first-order valence-electron chi connectivity index (χ1n) is 8.64. The molecular weight excluding hydrogens is 398 g/mol. The van der Waals surface area contributed by atoms with Crippen LogP contribution in [0.2, 0.25) is 5.02 Å². The van der Waals surface area contributed by atoms with Crippen LogP contribution in [-0.4, -0.2) is 30.7 Å². The van der Waals surface area contributed by atoms with Gasteiger partial charge in [-0.3, -0.25) is 9.10 Å². The lowest BCUT2D eigenvalue weighted by atomic mass is 9.95. The van der Waals surface area contributed by atoms with Gasteiger partial charge in [0.15, 0.2) is 12.0 Å². The first kappa shape index (κ1) is 18.5. The highest BCUT2D eigenvalue weighted by Crippen LogP contribution is 2.44. The first-order valence-corrected chi connectivity index (χ1v) is 10.5. The summed E-state index contributed by atoms with van der Waals surface area (Å²) in [4.78, 5) is 11.7. The Labute approximate surface area is 167 Å². The van der Waals surface area contributed by atoms with Gasteiger partial charge in [-0.2, -0.15) is 0 Å². The quantitative estimate of drug-likeness (QED) is 0.631. The van der Waals surface area contributed by atoms with E-state index in [4.69, 9.17) is 11.6 Å². The molecular formula is C21H16ClNO4S. The van der Waals surface area contributed by atoms with E-state index in [0.717, 1.165) is 9.69 Å². The standard InChI is InChI=1S/C21H16ClNO4S/c1-2-23-20(18-14(12-24)11-10-13-6-3-4-7-15(13)18)21(25)19-16(22)8-5-9-17(19)28(23,26)27/h3-12,25H,2H2,1H3. The molecule has 0 saturated carbocycles. The predicted octanol–water partition coefficient (Wildman–Crippen LogP) is 4.71. The van der Waals surface area contributed by atoms with Gasteiger partial charge in [-0.25, -0.2) is 8.42 Å². The van der Waals surface area contributed by atoms with Crippen molar-refractivity contribution in [3.05, 3.63) is 76.3 Å². The number of sulfonamides is 1. The number of hydrogen-bond acceptors (Lipinski definition) is 4. The smallest absolute Gasteiger partial charge is 0.265 e. The molecule has 0 aromatic heterocycles. The second-order valence-electron chi connectivity index (χ2n) is 6.35. The van der Waals surface area contributed by atoms with Crippen molar-refractivity contribution in [1.82, 2.24) is 4.31 Å². The number of fused-ring (bicyclic) bond motifs is 2. The molecule has 0 fully saturated rings. The van der Waals surface area contributed by atoms with E-state index in [0.29, 0.717) is 17.2 Å². The normalized spacial score (nSPS) is 15.6. The number of rotatable bonds is 3. The van der Waals surface area contributed by atoms with E-state index in [1.165, 1.54) is 18.2 Å². The molecule has 4 rings (SSSR count). The Hall–Kier alpha value is -2.83. The van der Waals surface area contributed by atoms with Crippen LogP contribution in [0.5, 0.6) is 0 Å². The monoisotopic (exact) mass is 413 g/mol. The third-order valence-corrected chi connectivity index (χ3v) is 7.10. The van der Waals surface area contributed by atoms with Gasteiger partial charge in [0.1, 0.15) is 10.6 Å². The van der Waals surface area contributed by atoms with E-state index in [1.54, 1.807) is 31.2 Å². The van der Waals surface area contributed by atoms with E-state index in [9.17, 15) is 18.3 Å². The zero-order chi connectivity index (χ0) is 20.1. The van der Waals surface area contributed by atoms with Crippen LogP contribution in [0.1, 0.15) is 28.4 Å². The highest BCUT2D eigenvalue weighted by atomic mass is 35.5. The summed E-state index contributed by atoms with van der Waals surface area (Å²) in [7, 11) is -3.96. The molecule has 28 heavy (non-hydrogen) atoms. The second-order valence-corrected chi connectivity index (χ2v) is 8.59. The topological polar surface area (TPSA) is 74.7 Å². The average molecular weight is 414 g/mol. The molecule has 1 aliphatic heterocycles. The molecule has 0 aliphatic carbocycles. The molecule has 0 radical (unpaired) electrons. The van der Waals surface area contributed by atoms with Gasteiger partial charge in [-0.05, 0) is 29.8 Å². The number of nitrogens with zero attached hydrogens (tertiary/aromatic N) is 1. The molecule has 1 heterocycles. The highest BCUT2D eigenvalue weighted by Gasteiger charge is 2.39. The summed E-state index contributed by atoms with van der Waals surface area (Å²) < 4.78 is 27.7. The van der Waals surface area contributed by atoms with Gasteiger partial charge in [0.05, 0.1) is 10.6 Å². The summed E-state index contributed by atoms with van der Waals surface area (Å²) in [5.74, 6) is -0.267. The predicted molar refractivity (Wildman–Crippen MR) is 110 cm³/mol. The zero-order valence-corrected chi connectivity index (χ0v) is 16.5. The van der Waals surface area contributed by atoms with Crippen LogP contribution in [0.15, 0.2) is 59.5 Å². The van der Waals surface area contributed by atoms with Gasteiger partial charge in [-0.15, -0.1) is 0 Å². The molecule has 0 unspecified atom stereocenters. The molecule has 0 bridgehead atoms. The van der Waals surface area contributed by atoms with E-state index < -0.39 is 10.0 Å². The second kappa shape index (κ2) is 6.65. The molecule has 3 aromatic rings. The van der Waals surface area contributed by atoms with Gasteiger partial charge in [-0.1, -0.05) is 54.1 Å². The van der Waals surface area contributed by atoms with Crippen LogP contribution in [-0.2, 0) is 10.0 Å². The zero-order valence-electron chi connectivity index (χ0n) is 14.9. The average Bonchev–Trinajstić information content (AvgIpc) is 2.69. The molecule has 0 amide bonds. The maximum atomic E-state index is 13.3. The molecule has 1 aliphatic rings. The summed E-state index contributed by atoms with van der Waals surface area (Å²) in [5.41, 5.74) is 0.752. The van der Waals surface area contributed by atoms with Gasteiger partial charge >= 0.3 is 0 Å². The molecule has 5 nitrogen and oxygen atoms in total. The Morgan fingerprint density at radius 1 is 1.04 bits per heavy atom. The van der Waals surface area contributed by atoms with Crippen molar-refractivity contribution in [2.75, 3.05) is 6.54 Å². The van der Waals surface area contributed by atoms with Crippen LogP contribution < -0.4 is 0 Å². The minimum absolute atomic E-state index is 0.0497. The van der Waals surface area contributed by atoms with Crippen molar-refractivity contribution in [1.29, 1.82) is 0 Å². The number of benzene rings is 3. The minimum atomic E-state index is -3.96. The van der Waals surface area contributed by atoms with Crippen molar-refractivity contribution in [3.63, 3.8) is 0 Å². The van der Waals surface area contributed by atoms with Gasteiger partial charge in [0, 0.05) is 17.7 Å². The maximum Gasteiger partial charge on any atom is 0.265 e. The maximum absolute atomic E-state index is 13.3. The molecule has 0 atom stereocenters. The van der Waals surface area contributed by atoms with Crippen molar-refractivity contribution in [2.45, 2.75) is 11.8 Å². The summed E-state index contributed by atoms with van der Waals surface area (Å²) >= 11 is 6.25. The highest BCUT2D eigenvalue weighted by molar-refractivity contribution is 7.89. The fraction of sp³-hybridized carbons (Fsp3) is 0.0952. The Balaban J connectivity index is 2.21. The lowest BCUT2D eigenvalue weighted by molar-refractivity contribution is 0.112. The molecule has 142 valence electrons. The number of halogens is 1. The fourth-order valence-corrected chi connectivity index (χ4v) is 5.68. The van der Waals surface area contributed by atoms with Crippen molar-refractivity contribution >= 4 is 50.1 Å². The number of carbonyl (C=O) groups excluding carboxylic acids is 1. The van der Waals surface area contributed by atoms with E-state index in [2.05, 4.69) is 0 Å². The lowest BCUT2D eigenvalue weighted by Gasteiger charge is -2.33. The van der Waals surface area contributed by atoms with Crippen LogP contribution in [0.25, 0.3) is 22.2 Å². The molecule has 0 saturated heterocycles. The summed E-state index contributed by atoms with van der Waals surface area (Å²) in [6, 6.07) is 15.2. The molecule has 3 aromatic carbocycles. The van der Waals surface area contributed by atoms with E-state index >= 15 is 0 Å².